The first-order chi connectivity index (χ1) is 11.6. The molecule has 3 aromatic rings. The Balaban J connectivity index is 1.53. The molecule has 0 aliphatic carbocycles. The minimum absolute atomic E-state index is 0.538. The number of β-amino-alcohol motifs (C(OH)–C–C–N with tert-alkyl or cyclic N) is 1. The normalized spacial score (nSPS) is 16.3. The Hall–Kier alpha value is -1.52. The highest BCUT2D eigenvalue weighted by molar-refractivity contribution is 6.31. The second kappa shape index (κ2) is 6.41. The molecule has 1 aromatic heterocycles. The number of nitrogens with one attached hydrogen (secondary N) is 1. The lowest BCUT2D eigenvalue weighted by Gasteiger charge is -2.29. The second-order valence-corrected chi connectivity index (χ2v) is 7.20. The Morgan fingerprint density at radius 2 is 1.96 bits per heavy atom. The molecule has 2 N–H and O–H groups in total. The summed E-state index contributed by atoms with van der Waals surface area (Å²) in [5.41, 5.74) is 4.55. The summed E-state index contributed by atoms with van der Waals surface area (Å²) in [5.74, 6) is 0. The van der Waals surface area contributed by atoms with Crippen molar-refractivity contribution in [3.8, 4) is 0 Å². The molecule has 1 atom stereocenters. The van der Waals surface area contributed by atoms with Crippen LogP contribution in [-0.2, 0) is 13.0 Å². The Morgan fingerprint density at radius 1 is 1.12 bits per heavy atom. The van der Waals surface area contributed by atoms with Crippen molar-refractivity contribution < 1.29 is 5.11 Å². The molecule has 1 aliphatic heterocycles. The quantitative estimate of drug-likeness (QED) is 0.718. The smallest absolute Gasteiger partial charge is 0.0917 e. The number of aromatic nitrogens is 1. The van der Waals surface area contributed by atoms with Crippen LogP contribution in [0, 0.1) is 0 Å². The van der Waals surface area contributed by atoms with Crippen molar-refractivity contribution in [2.75, 3.05) is 13.1 Å². The van der Waals surface area contributed by atoms with Gasteiger partial charge >= 0.3 is 0 Å². The first-order valence-electron chi connectivity index (χ1n) is 8.05. The summed E-state index contributed by atoms with van der Waals surface area (Å²) in [6.45, 7) is 2.32. The number of hydrogen-bond donors (Lipinski definition) is 2. The maximum atomic E-state index is 10.5. The third-order valence-electron chi connectivity index (χ3n) is 4.68. The molecule has 0 radical (unpaired) electrons. The molecule has 0 bridgehead atoms. The van der Waals surface area contributed by atoms with Crippen LogP contribution in [0.15, 0.2) is 42.5 Å². The van der Waals surface area contributed by atoms with E-state index in [1.807, 2.05) is 42.5 Å². The van der Waals surface area contributed by atoms with Crippen LogP contribution in [0.3, 0.4) is 0 Å². The fourth-order valence-electron chi connectivity index (χ4n) is 3.49. The van der Waals surface area contributed by atoms with Crippen LogP contribution in [0.1, 0.15) is 22.9 Å². The number of aliphatic hydroxyl groups excluding tert-OH is 1. The van der Waals surface area contributed by atoms with Crippen molar-refractivity contribution in [2.24, 2.45) is 0 Å². The highest BCUT2D eigenvalue weighted by atomic mass is 35.5. The molecule has 0 saturated carbocycles. The average Bonchev–Trinajstić information content (AvgIpc) is 2.92. The molecule has 1 unspecified atom stereocenters. The van der Waals surface area contributed by atoms with Crippen LogP contribution in [0.4, 0.5) is 0 Å². The van der Waals surface area contributed by atoms with E-state index in [1.165, 1.54) is 16.6 Å². The number of aromatic amines is 1. The van der Waals surface area contributed by atoms with Crippen molar-refractivity contribution in [1.29, 1.82) is 0 Å². The molecule has 4 rings (SSSR count). The van der Waals surface area contributed by atoms with Crippen LogP contribution in [0.5, 0.6) is 0 Å². The predicted molar refractivity (Wildman–Crippen MR) is 98.7 cm³/mol. The lowest BCUT2D eigenvalue weighted by Crippen LogP contribution is -2.33. The third-order valence-corrected chi connectivity index (χ3v) is 5.15. The van der Waals surface area contributed by atoms with Gasteiger partial charge in [0, 0.05) is 46.3 Å². The Morgan fingerprint density at radius 3 is 2.79 bits per heavy atom. The summed E-state index contributed by atoms with van der Waals surface area (Å²) in [7, 11) is 0. The van der Waals surface area contributed by atoms with E-state index in [0.29, 0.717) is 11.6 Å². The molecule has 0 amide bonds. The van der Waals surface area contributed by atoms with E-state index in [9.17, 15) is 5.11 Å². The molecule has 1 aliphatic rings. The molecular formula is C19H18Cl2N2O. The van der Waals surface area contributed by atoms with Gasteiger partial charge < -0.3 is 10.1 Å². The second-order valence-electron chi connectivity index (χ2n) is 6.33. The fraction of sp³-hybridized carbons (Fsp3) is 0.263. The van der Waals surface area contributed by atoms with Gasteiger partial charge in [-0.15, -0.1) is 0 Å². The van der Waals surface area contributed by atoms with Gasteiger partial charge in [0.1, 0.15) is 0 Å². The predicted octanol–water partition coefficient (Wildman–Crippen LogP) is 4.57. The van der Waals surface area contributed by atoms with Crippen molar-refractivity contribution >= 4 is 34.1 Å². The van der Waals surface area contributed by atoms with E-state index in [1.54, 1.807) is 0 Å². The van der Waals surface area contributed by atoms with Gasteiger partial charge in [-0.3, -0.25) is 4.90 Å². The SMILES string of the molecule is OC(CN1CCc2c([nH]c3ccc(Cl)cc23)C1)c1cccc(Cl)c1. The number of halogens is 2. The largest absolute Gasteiger partial charge is 0.387 e. The number of H-pyrrole nitrogens is 1. The van der Waals surface area contributed by atoms with Gasteiger partial charge in [0.25, 0.3) is 0 Å². The minimum Gasteiger partial charge on any atom is -0.387 e. The molecule has 0 saturated heterocycles. The van der Waals surface area contributed by atoms with Crippen molar-refractivity contribution in [3.05, 3.63) is 69.3 Å². The first-order valence-corrected chi connectivity index (χ1v) is 8.80. The zero-order valence-electron chi connectivity index (χ0n) is 13.1. The number of fused-ring (bicyclic) bond motifs is 3. The lowest BCUT2D eigenvalue weighted by atomic mass is 10.0. The number of nitrogens with zero attached hydrogens (tertiary/aromatic N) is 1. The van der Waals surface area contributed by atoms with E-state index in [2.05, 4.69) is 9.88 Å². The summed E-state index contributed by atoms with van der Waals surface area (Å²) in [4.78, 5) is 5.76. The van der Waals surface area contributed by atoms with Crippen LogP contribution >= 0.6 is 23.2 Å². The fourth-order valence-corrected chi connectivity index (χ4v) is 3.86. The Kier molecular flexibility index (Phi) is 4.27. The Labute approximate surface area is 150 Å². The van der Waals surface area contributed by atoms with E-state index in [0.717, 1.165) is 35.6 Å². The summed E-state index contributed by atoms with van der Waals surface area (Å²) >= 11 is 12.1. The van der Waals surface area contributed by atoms with Gasteiger partial charge in [-0.05, 0) is 47.9 Å². The van der Waals surface area contributed by atoms with Crippen molar-refractivity contribution in [1.82, 2.24) is 9.88 Å². The van der Waals surface area contributed by atoms with E-state index < -0.39 is 6.10 Å². The van der Waals surface area contributed by atoms with Crippen molar-refractivity contribution in [2.45, 2.75) is 19.1 Å². The number of benzene rings is 2. The maximum absolute atomic E-state index is 10.5. The zero-order valence-corrected chi connectivity index (χ0v) is 14.6. The number of aliphatic hydroxyl groups is 1. The molecule has 2 aromatic carbocycles. The van der Waals surface area contributed by atoms with Gasteiger partial charge in [-0.1, -0.05) is 35.3 Å². The molecule has 124 valence electrons. The van der Waals surface area contributed by atoms with Crippen molar-refractivity contribution in [3.63, 3.8) is 0 Å². The average molecular weight is 361 g/mol. The molecular weight excluding hydrogens is 343 g/mol. The summed E-state index contributed by atoms with van der Waals surface area (Å²) < 4.78 is 0. The summed E-state index contributed by atoms with van der Waals surface area (Å²) in [6.07, 6.45) is 0.418. The minimum atomic E-state index is -0.538. The van der Waals surface area contributed by atoms with Gasteiger partial charge in [0.2, 0.25) is 0 Å². The van der Waals surface area contributed by atoms with Crippen LogP contribution < -0.4 is 0 Å². The molecule has 0 spiro atoms. The number of hydrogen-bond acceptors (Lipinski definition) is 2. The van der Waals surface area contributed by atoms with E-state index >= 15 is 0 Å². The van der Waals surface area contributed by atoms with Gasteiger partial charge in [-0.25, -0.2) is 0 Å². The van der Waals surface area contributed by atoms with Gasteiger partial charge in [0.15, 0.2) is 0 Å². The number of rotatable bonds is 3. The Bertz CT molecular complexity index is 890. The molecule has 2 heterocycles. The van der Waals surface area contributed by atoms with Crippen LogP contribution in [0.25, 0.3) is 10.9 Å². The van der Waals surface area contributed by atoms with Crippen LogP contribution in [0.2, 0.25) is 10.0 Å². The summed E-state index contributed by atoms with van der Waals surface area (Å²) in [5, 5.41) is 13.1. The summed E-state index contributed by atoms with van der Waals surface area (Å²) in [6, 6.07) is 13.4. The molecule has 24 heavy (non-hydrogen) atoms. The monoisotopic (exact) mass is 360 g/mol. The highest BCUT2D eigenvalue weighted by Gasteiger charge is 2.22. The van der Waals surface area contributed by atoms with Gasteiger partial charge in [0.05, 0.1) is 6.10 Å². The topological polar surface area (TPSA) is 39.3 Å². The van der Waals surface area contributed by atoms with E-state index in [4.69, 9.17) is 23.2 Å². The highest BCUT2D eigenvalue weighted by Crippen LogP contribution is 2.30. The first kappa shape index (κ1) is 16.0. The standard InChI is InChI=1S/C19H18Cl2N2O/c20-13-3-1-2-12(8-13)19(24)11-23-7-6-15-16-9-14(21)4-5-17(16)22-18(15)10-23/h1-5,8-9,19,22,24H,6-7,10-11H2. The van der Waals surface area contributed by atoms with Crippen LogP contribution in [-0.4, -0.2) is 28.1 Å². The zero-order chi connectivity index (χ0) is 16.7. The van der Waals surface area contributed by atoms with E-state index in [-0.39, 0.29) is 0 Å². The maximum Gasteiger partial charge on any atom is 0.0917 e. The van der Waals surface area contributed by atoms with Gasteiger partial charge in [-0.2, -0.15) is 0 Å². The molecule has 3 nitrogen and oxygen atoms in total. The lowest BCUT2D eigenvalue weighted by molar-refractivity contribution is 0.105. The third kappa shape index (κ3) is 3.05. The molecule has 0 fully saturated rings. The molecule has 5 heteroatoms.